The van der Waals surface area contributed by atoms with Gasteiger partial charge in [-0.15, -0.1) is 0 Å². The lowest BCUT2D eigenvalue weighted by Gasteiger charge is -2.08. The largest absolute Gasteiger partial charge is 0.478 e. The maximum atomic E-state index is 12.0. The second-order valence-electron chi connectivity index (χ2n) is 4.05. The van der Waals surface area contributed by atoms with Gasteiger partial charge in [-0.2, -0.15) is 0 Å². The van der Waals surface area contributed by atoms with Crippen molar-refractivity contribution in [3.8, 4) is 0 Å². The first kappa shape index (κ1) is 16.9. The molecule has 112 valence electrons. The summed E-state index contributed by atoms with van der Waals surface area (Å²) in [6.07, 6.45) is 0.661. The topological polar surface area (TPSA) is 95.5 Å². The van der Waals surface area contributed by atoms with Gasteiger partial charge in [0.25, 0.3) is 0 Å². The molecule has 0 aliphatic heterocycles. The van der Waals surface area contributed by atoms with Crippen LogP contribution in [-0.4, -0.2) is 39.1 Å². The molecular formula is C12H17ClN2O4S. The Morgan fingerprint density at radius 3 is 2.60 bits per heavy atom. The van der Waals surface area contributed by atoms with Gasteiger partial charge in [-0.25, -0.2) is 17.9 Å². The number of aromatic carboxylic acids is 1. The molecule has 0 aliphatic carbocycles. The highest BCUT2D eigenvalue weighted by Gasteiger charge is 2.17. The molecule has 0 aromatic heterocycles. The zero-order valence-corrected chi connectivity index (χ0v) is 12.6. The summed E-state index contributed by atoms with van der Waals surface area (Å²) < 4.78 is 26.4. The third-order valence-corrected chi connectivity index (χ3v) is 4.33. The number of carbonyl (C=O) groups is 1. The van der Waals surface area contributed by atoms with Crippen molar-refractivity contribution in [1.82, 2.24) is 10.0 Å². The minimum absolute atomic E-state index is 0.0454. The first-order valence-electron chi connectivity index (χ1n) is 6.11. The Hall–Kier alpha value is -1.15. The van der Waals surface area contributed by atoms with E-state index < -0.39 is 16.0 Å². The summed E-state index contributed by atoms with van der Waals surface area (Å²) >= 11 is 5.75. The van der Waals surface area contributed by atoms with Gasteiger partial charge < -0.3 is 10.4 Å². The van der Waals surface area contributed by atoms with Crippen molar-refractivity contribution < 1.29 is 18.3 Å². The van der Waals surface area contributed by atoms with E-state index in [1.54, 1.807) is 0 Å². The molecule has 0 saturated heterocycles. The first-order chi connectivity index (χ1) is 9.38. The molecule has 0 atom stereocenters. The highest BCUT2D eigenvalue weighted by Crippen LogP contribution is 2.20. The molecule has 0 spiro atoms. The third-order valence-electron chi connectivity index (χ3n) is 2.55. The van der Waals surface area contributed by atoms with Crippen LogP contribution in [0.5, 0.6) is 0 Å². The van der Waals surface area contributed by atoms with Gasteiger partial charge in [-0.3, -0.25) is 0 Å². The van der Waals surface area contributed by atoms with E-state index in [2.05, 4.69) is 10.0 Å². The fourth-order valence-electron chi connectivity index (χ4n) is 1.52. The minimum Gasteiger partial charge on any atom is -0.478 e. The molecule has 3 N–H and O–H groups in total. The molecule has 0 amide bonds. The number of hydrogen-bond acceptors (Lipinski definition) is 4. The molecule has 0 aliphatic rings. The van der Waals surface area contributed by atoms with Crippen molar-refractivity contribution >= 4 is 27.6 Å². The Labute approximate surface area is 123 Å². The maximum absolute atomic E-state index is 12.0. The number of benzene rings is 1. The van der Waals surface area contributed by atoms with Gasteiger partial charge in [0.15, 0.2) is 0 Å². The predicted molar refractivity (Wildman–Crippen MR) is 76.8 cm³/mol. The lowest BCUT2D eigenvalue weighted by atomic mass is 10.2. The molecule has 6 nitrogen and oxygen atoms in total. The van der Waals surface area contributed by atoms with Gasteiger partial charge in [-0.1, -0.05) is 18.5 Å². The van der Waals surface area contributed by atoms with Gasteiger partial charge in [0, 0.05) is 6.54 Å². The zero-order chi connectivity index (χ0) is 15.2. The first-order valence-corrected chi connectivity index (χ1v) is 7.98. The van der Waals surface area contributed by atoms with E-state index in [1.807, 2.05) is 6.92 Å². The van der Waals surface area contributed by atoms with Crippen LogP contribution in [0.3, 0.4) is 0 Å². The lowest BCUT2D eigenvalue weighted by molar-refractivity contribution is 0.0697. The average Bonchev–Trinajstić information content (AvgIpc) is 2.37. The van der Waals surface area contributed by atoms with Gasteiger partial charge in [0.2, 0.25) is 10.0 Å². The van der Waals surface area contributed by atoms with Crippen LogP contribution < -0.4 is 10.0 Å². The van der Waals surface area contributed by atoms with Crippen LogP contribution in [0, 0.1) is 0 Å². The molecule has 8 heteroatoms. The summed E-state index contributed by atoms with van der Waals surface area (Å²) in [5, 5.41) is 11.8. The molecule has 0 saturated carbocycles. The zero-order valence-electron chi connectivity index (χ0n) is 11.0. The predicted octanol–water partition coefficient (Wildman–Crippen LogP) is 1.32. The number of halogens is 1. The van der Waals surface area contributed by atoms with Gasteiger partial charge in [-0.05, 0) is 37.7 Å². The molecule has 0 heterocycles. The van der Waals surface area contributed by atoms with Gasteiger partial charge in [0.05, 0.1) is 15.5 Å². The van der Waals surface area contributed by atoms with E-state index in [-0.39, 0.29) is 15.5 Å². The highest BCUT2D eigenvalue weighted by atomic mass is 35.5. The van der Waals surface area contributed by atoms with Gasteiger partial charge >= 0.3 is 5.97 Å². The summed E-state index contributed by atoms with van der Waals surface area (Å²) in [6, 6.07) is 3.54. The number of hydrogen-bond donors (Lipinski definition) is 3. The number of carboxylic acid groups (broad SMARTS) is 1. The lowest BCUT2D eigenvalue weighted by Crippen LogP contribution is -2.27. The number of carboxylic acids is 1. The molecule has 1 rings (SSSR count). The fourth-order valence-corrected chi connectivity index (χ4v) is 2.94. The standard InChI is InChI=1S/C12H17ClN2O4S/c1-2-14-6-3-7-15-20(18,19)9-4-5-10(12(16)17)11(13)8-9/h4-5,8,14-15H,2-3,6-7H2,1H3,(H,16,17). The molecule has 0 bridgehead atoms. The molecule has 0 radical (unpaired) electrons. The normalized spacial score (nSPS) is 11.5. The van der Waals surface area contributed by atoms with E-state index in [9.17, 15) is 13.2 Å². The summed E-state index contributed by atoms with van der Waals surface area (Å²) in [5.74, 6) is -1.20. The number of sulfonamides is 1. The van der Waals surface area contributed by atoms with Crippen LogP contribution in [0.4, 0.5) is 0 Å². The second-order valence-corrected chi connectivity index (χ2v) is 6.23. The quantitative estimate of drug-likeness (QED) is 0.628. The van der Waals surface area contributed by atoms with Gasteiger partial charge in [0.1, 0.15) is 0 Å². The Morgan fingerprint density at radius 2 is 2.05 bits per heavy atom. The van der Waals surface area contributed by atoms with E-state index in [4.69, 9.17) is 16.7 Å². The smallest absolute Gasteiger partial charge is 0.337 e. The summed E-state index contributed by atoms with van der Waals surface area (Å²) in [4.78, 5) is 10.8. The SMILES string of the molecule is CCNCCCNS(=O)(=O)c1ccc(C(=O)O)c(Cl)c1. The Morgan fingerprint density at radius 1 is 1.35 bits per heavy atom. The number of nitrogens with one attached hydrogen (secondary N) is 2. The van der Waals surface area contributed by atoms with Crippen LogP contribution in [0.15, 0.2) is 23.1 Å². The molecular weight excluding hydrogens is 304 g/mol. The van der Waals surface area contributed by atoms with E-state index in [0.29, 0.717) is 13.0 Å². The van der Waals surface area contributed by atoms with Crippen molar-refractivity contribution in [3.05, 3.63) is 28.8 Å². The number of rotatable bonds is 8. The molecule has 0 unspecified atom stereocenters. The van der Waals surface area contributed by atoms with E-state index >= 15 is 0 Å². The molecule has 1 aromatic carbocycles. The average molecular weight is 321 g/mol. The second kappa shape index (κ2) is 7.58. The third kappa shape index (κ3) is 4.75. The van der Waals surface area contributed by atoms with Crippen LogP contribution in [0.1, 0.15) is 23.7 Å². The molecule has 0 fully saturated rings. The van der Waals surface area contributed by atoms with Crippen molar-refractivity contribution in [2.24, 2.45) is 0 Å². The molecule has 20 heavy (non-hydrogen) atoms. The van der Waals surface area contributed by atoms with Crippen molar-refractivity contribution in [2.45, 2.75) is 18.2 Å². The Bertz CT molecular complexity index is 575. The highest BCUT2D eigenvalue weighted by molar-refractivity contribution is 7.89. The van der Waals surface area contributed by atoms with Crippen molar-refractivity contribution in [1.29, 1.82) is 0 Å². The van der Waals surface area contributed by atoms with Crippen LogP contribution in [0.2, 0.25) is 5.02 Å². The van der Waals surface area contributed by atoms with E-state index in [0.717, 1.165) is 19.2 Å². The van der Waals surface area contributed by atoms with E-state index in [1.165, 1.54) is 12.1 Å². The Balaban J connectivity index is 2.73. The van der Waals surface area contributed by atoms with Crippen LogP contribution in [0.25, 0.3) is 0 Å². The van der Waals surface area contributed by atoms with Crippen molar-refractivity contribution in [3.63, 3.8) is 0 Å². The summed E-state index contributed by atoms with van der Waals surface area (Å²) in [5.41, 5.74) is -0.127. The summed E-state index contributed by atoms with van der Waals surface area (Å²) in [6.45, 7) is 3.82. The molecule has 1 aromatic rings. The monoisotopic (exact) mass is 320 g/mol. The summed E-state index contributed by atoms with van der Waals surface area (Å²) in [7, 11) is -3.67. The van der Waals surface area contributed by atoms with Crippen molar-refractivity contribution in [2.75, 3.05) is 19.6 Å². The Kier molecular flexibility index (Phi) is 6.41. The minimum atomic E-state index is -3.67. The van der Waals surface area contributed by atoms with Crippen LogP contribution >= 0.6 is 11.6 Å². The van der Waals surface area contributed by atoms with Crippen LogP contribution in [-0.2, 0) is 10.0 Å². The maximum Gasteiger partial charge on any atom is 0.337 e. The fraction of sp³-hybridized carbons (Fsp3) is 0.417.